The molecule has 0 radical (unpaired) electrons. The number of hydrogen-bond donors (Lipinski definition) is 1. The first-order valence-corrected chi connectivity index (χ1v) is 7.46. The van der Waals surface area contributed by atoms with E-state index in [1.54, 1.807) is 17.0 Å². The summed E-state index contributed by atoms with van der Waals surface area (Å²) >= 11 is 3.42. The number of carbonyl (C=O) groups excluding carboxylic acids is 1. The third-order valence-electron chi connectivity index (χ3n) is 3.71. The van der Waals surface area contributed by atoms with E-state index in [2.05, 4.69) is 15.9 Å². The Hall–Kier alpha value is -1.36. The average molecular weight is 340 g/mol. The molecule has 0 aromatic heterocycles. The van der Waals surface area contributed by atoms with Crippen LogP contribution in [0.1, 0.15) is 29.3 Å². The van der Waals surface area contributed by atoms with Crippen molar-refractivity contribution in [3.8, 4) is 0 Å². The highest BCUT2D eigenvalue weighted by Gasteiger charge is 2.32. The van der Waals surface area contributed by atoms with E-state index in [0.29, 0.717) is 25.1 Å². The Labute approximate surface area is 126 Å². The van der Waals surface area contributed by atoms with Crippen LogP contribution in [-0.4, -0.2) is 35.0 Å². The molecule has 1 aromatic rings. The van der Waals surface area contributed by atoms with Gasteiger partial charge in [0.15, 0.2) is 0 Å². The van der Waals surface area contributed by atoms with Crippen molar-refractivity contribution in [3.63, 3.8) is 0 Å². The molecule has 1 fully saturated rings. The van der Waals surface area contributed by atoms with E-state index >= 15 is 0 Å². The lowest BCUT2D eigenvalue weighted by molar-refractivity contribution is -0.143. The van der Waals surface area contributed by atoms with Crippen molar-refractivity contribution in [2.45, 2.75) is 20.3 Å². The van der Waals surface area contributed by atoms with Crippen LogP contribution in [0, 0.1) is 18.8 Å². The first-order chi connectivity index (χ1) is 9.38. The number of carbonyl (C=O) groups is 2. The first kappa shape index (κ1) is 15.0. The molecule has 1 aromatic carbocycles. The second-order valence-corrected chi connectivity index (χ2v) is 6.40. The molecule has 1 heterocycles. The maximum Gasteiger partial charge on any atom is 0.308 e. The van der Waals surface area contributed by atoms with E-state index in [1.807, 2.05) is 19.9 Å². The standard InChI is InChI=1S/C15H18BrNO3/c1-9-5-12(15(19)20)8-17(7-9)14(18)11-4-3-10(2)13(16)6-11/h3-4,6,9,12H,5,7-8H2,1-2H3,(H,19,20). The number of halogens is 1. The fraction of sp³-hybridized carbons (Fsp3) is 0.467. The molecule has 2 unspecified atom stereocenters. The molecular formula is C15H18BrNO3. The van der Waals surface area contributed by atoms with Crippen molar-refractivity contribution in [1.82, 2.24) is 4.90 Å². The Morgan fingerprint density at radius 1 is 1.35 bits per heavy atom. The molecule has 1 N–H and O–H groups in total. The van der Waals surface area contributed by atoms with Crippen LogP contribution in [0.25, 0.3) is 0 Å². The minimum Gasteiger partial charge on any atom is -0.481 e. The number of amides is 1. The quantitative estimate of drug-likeness (QED) is 0.901. The van der Waals surface area contributed by atoms with Gasteiger partial charge in [-0.25, -0.2) is 0 Å². The molecule has 2 rings (SSSR count). The van der Waals surface area contributed by atoms with Crippen LogP contribution in [-0.2, 0) is 4.79 Å². The third kappa shape index (κ3) is 3.20. The molecule has 1 aliphatic rings. The summed E-state index contributed by atoms with van der Waals surface area (Å²) in [6.45, 7) is 4.86. The van der Waals surface area contributed by atoms with Crippen molar-refractivity contribution >= 4 is 27.8 Å². The molecule has 0 saturated carbocycles. The van der Waals surface area contributed by atoms with Crippen molar-refractivity contribution < 1.29 is 14.7 Å². The molecule has 0 aliphatic carbocycles. The Balaban J connectivity index is 2.19. The van der Waals surface area contributed by atoms with Crippen LogP contribution in [0.15, 0.2) is 22.7 Å². The summed E-state index contributed by atoms with van der Waals surface area (Å²) in [6.07, 6.45) is 0.636. The molecule has 1 amide bonds. The van der Waals surface area contributed by atoms with Gasteiger partial charge in [-0.1, -0.05) is 28.9 Å². The van der Waals surface area contributed by atoms with Gasteiger partial charge >= 0.3 is 5.97 Å². The lowest BCUT2D eigenvalue weighted by Crippen LogP contribution is -2.45. The van der Waals surface area contributed by atoms with Gasteiger partial charge in [-0.3, -0.25) is 9.59 Å². The number of carboxylic acid groups (broad SMARTS) is 1. The Kier molecular flexibility index (Phi) is 4.48. The topological polar surface area (TPSA) is 57.6 Å². The fourth-order valence-electron chi connectivity index (χ4n) is 2.60. The molecule has 5 heteroatoms. The number of piperidine rings is 1. The summed E-state index contributed by atoms with van der Waals surface area (Å²) in [7, 11) is 0. The van der Waals surface area contributed by atoms with Crippen LogP contribution in [0.5, 0.6) is 0 Å². The molecule has 1 aliphatic heterocycles. The van der Waals surface area contributed by atoms with Crippen LogP contribution in [0.4, 0.5) is 0 Å². The van der Waals surface area contributed by atoms with E-state index in [1.165, 1.54) is 0 Å². The van der Waals surface area contributed by atoms with Crippen LogP contribution < -0.4 is 0 Å². The summed E-state index contributed by atoms with van der Waals surface area (Å²) in [6, 6.07) is 5.48. The molecule has 2 atom stereocenters. The molecular weight excluding hydrogens is 322 g/mol. The van der Waals surface area contributed by atoms with Gasteiger partial charge in [0.25, 0.3) is 5.91 Å². The van der Waals surface area contributed by atoms with Crippen molar-refractivity contribution in [3.05, 3.63) is 33.8 Å². The highest BCUT2D eigenvalue weighted by atomic mass is 79.9. The highest BCUT2D eigenvalue weighted by molar-refractivity contribution is 9.10. The number of aryl methyl sites for hydroxylation is 1. The van der Waals surface area contributed by atoms with Crippen LogP contribution in [0.2, 0.25) is 0 Å². The predicted molar refractivity (Wildman–Crippen MR) is 79.7 cm³/mol. The van der Waals surface area contributed by atoms with Crippen molar-refractivity contribution in [2.75, 3.05) is 13.1 Å². The van der Waals surface area contributed by atoms with Crippen LogP contribution >= 0.6 is 15.9 Å². The number of rotatable bonds is 2. The number of nitrogens with zero attached hydrogens (tertiary/aromatic N) is 1. The summed E-state index contributed by atoms with van der Waals surface area (Å²) in [5.41, 5.74) is 1.66. The number of aliphatic carboxylic acids is 1. The zero-order valence-electron chi connectivity index (χ0n) is 11.6. The summed E-state index contributed by atoms with van der Waals surface area (Å²) < 4.78 is 0.892. The van der Waals surface area contributed by atoms with E-state index < -0.39 is 11.9 Å². The number of hydrogen-bond acceptors (Lipinski definition) is 2. The lowest BCUT2D eigenvalue weighted by Gasteiger charge is -2.34. The maximum absolute atomic E-state index is 12.5. The van der Waals surface area contributed by atoms with E-state index in [0.717, 1.165) is 10.0 Å². The monoisotopic (exact) mass is 339 g/mol. The Morgan fingerprint density at radius 3 is 2.65 bits per heavy atom. The van der Waals surface area contributed by atoms with Crippen LogP contribution in [0.3, 0.4) is 0 Å². The first-order valence-electron chi connectivity index (χ1n) is 6.66. The highest BCUT2D eigenvalue weighted by Crippen LogP contribution is 2.24. The van der Waals surface area contributed by atoms with Gasteiger partial charge in [-0.15, -0.1) is 0 Å². The minimum absolute atomic E-state index is 0.0940. The van der Waals surface area contributed by atoms with E-state index in [9.17, 15) is 9.59 Å². The number of likely N-dealkylation sites (tertiary alicyclic amines) is 1. The fourth-order valence-corrected chi connectivity index (χ4v) is 2.98. The van der Waals surface area contributed by atoms with Gasteiger partial charge in [0, 0.05) is 23.1 Å². The lowest BCUT2D eigenvalue weighted by atomic mass is 9.90. The molecule has 20 heavy (non-hydrogen) atoms. The zero-order valence-corrected chi connectivity index (χ0v) is 13.2. The molecule has 0 spiro atoms. The van der Waals surface area contributed by atoms with E-state index in [-0.39, 0.29) is 11.8 Å². The second-order valence-electron chi connectivity index (χ2n) is 5.55. The molecule has 108 valence electrons. The van der Waals surface area contributed by atoms with Gasteiger partial charge in [0.2, 0.25) is 0 Å². The predicted octanol–water partition coefficient (Wildman–Crippen LogP) is 2.94. The van der Waals surface area contributed by atoms with Gasteiger partial charge in [0.05, 0.1) is 5.92 Å². The van der Waals surface area contributed by atoms with Gasteiger partial charge < -0.3 is 10.0 Å². The van der Waals surface area contributed by atoms with Crippen molar-refractivity contribution in [1.29, 1.82) is 0 Å². The number of carboxylic acids is 1. The second kappa shape index (κ2) is 5.95. The third-order valence-corrected chi connectivity index (χ3v) is 4.57. The SMILES string of the molecule is Cc1ccc(C(=O)N2CC(C)CC(C(=O)O)C2)cc1Br. The van der Waals surface area contributed by atoms with Gasteiger partial charge in [-0.05, 0) is 37.0 Å². The largest absolute Gasteiger partial charge is 0.481 e. The summed E-state index contributed by atoms with van der Waals surface area (Å²) in [5, 5.41) is 9.16. The van der Waals surface area contributed by atoms with Gasteiger partial charge in [-0.2, -0.15) is 0 Å². The molecule has 0 bridgehead atoms. The van der Waals surface area contributed by atoms with Crippen molar-refractivity contribution in [2.24, 2.45) is 11.8 Å². The van der Waals surface area contributed by atoms with Gasteiger partial charge in [0.1, 0.15) is 0 Å². The average Bonchev–Trinajstić information content (AvgIpc) is 2.40. The smallest absolute Gasteiger partial charge is 0.308 e. The Morgan fingerprint density at radius 2 is 2.05 bits per heavy atom. The molecule has 4 nitrogen and oxygen atoms in total. The number of benzene rings is 1. The normalized spacial score (nSPS) is 22.6. The maximum atomic E-state index is 12.5. The molecule has 1 saturated heterocycles. The Bertz CT molecular complexity index is 544. The summed E-state index contributed by atoms with van der Waals surface area (Å²) in [5.74, 6) is -1.16. The summed E-state index contributed by atoms with van der Waals surface area (Å²) in [4.78, 5) is 25.3. The van der Waals surface area contributed by atoms with E-state index in [4.69, 9.17) is 5.11 Å². The minimum atomic E-state index is -0.820. The zero-order chi connectivity index (χ0) is 14.9.